The lowest BCUT2D eigenvalue weighted by molar-refractivity contribution is 0.185. The maximum atomic E-state index is 6.08. The molecule has 0 aliphatic rings. The normalized spacial score (nSPS) is 12.8. The average Bonchev–Trinajstić information content (AvgIpc) is 2.45. The van der Waals surface area contributed by atoms with Crippen molar-refractivity contribution in [3.8, 4) is 0 Å². The van der Waals surface area contributed by atoms with Crippen molar-refractivity contribution in [1.82, 2.24) is 0 Å². The molecule has 1 aromatic carbocycles. The van der Waals surface area contributed by atoms with Crippen LogP contribution >= 0.6 is 11.6 Å². The molecule has 1 radical (unpaired) electrons. The van der Waals surface area contributed by atoms with Gasteiger partial charge in [0.15, 0.2) is 0 Å². The fourth-order valence-corrected chi connectivity index (χ4v) is 3.76. The SMILES string of the molecule is CCCCO[Si](OCCCC)C(C)c1cccc(Cl)c1. The molecule has 2 nitrogen and oxygen atoms in total. The molecular weight excluding hydrogens is 288 g/mol. The number of halogens is 1. The lowest BCUT2D eigenvalue weighted by Crippen LogP contribution is -2.31. The number of benzene rings is 1. The first-order valence-electron chi connectivity index (χ1n) is 7.56. The van der Waals surface area contributed by atoms with Crippen LogP contribution in [0.15, 0.2) is 24.3 Å². The first-order chi connectivity index (χ1) is 9.69. The van der Waals surface area contributed by atoms with Gasteiger partial charge in [0.2, 0.25) is 0 Å². The fraction of sp³-hybridized carbons (Fsp3) is 0.625. The second-order valence-electron chi connectivity index (χ2n) is 5.00. The quantitative estimate of drug-likeness (QED) is 0.442. The molecule has 4 heteroatoms. The summed E-state index contributed by atoms with van der Waals surface area (Å²) in [5.74, 6) is 0. The van der Waals surface area contributed by atoms with Gasteiger partial charge in [-0.1, -0.05) is 57.3 Å². The number of unbranched alkanes of at least 4 members (excludes halogenated alkanes) is 2. The third-order valence-electron chi connectivity index (χ3n) is 3.19. The van der Waals surface area contributed by atoms with E-state index in [9.17, 15) is 0 Å². The van der Waals surface area contributed by atoms with Crippen LogP contribution in [0.1, 0.15) is 57.6 Å². The van der Waals surface area contributed by atoms with Crippen molar-refractivity contribution < 1.29 is 8.85 Å². The van der Waals surface area contributed by atoms with Crippen molar-refractivity contribution in [2.45, 2.75) is 52.0 Å². The summed E-state index contributed by atoms with van der Waals surface area (Å²) in [6, 6.07) is 8.02. The molecule has 0 aliphatic carbocycles. The van der Waals surface area contributed by atoms with E-state index < -0.39 is 9.28 Å². The third kappa shape index (κ3) is 6.40. The zero-order valence-electron chi connectivity index (χ0n) is 12.8. The molecule has 0 saturated heterocycles. The van der Waals surface area contributed by atoms with E-state index in [1.54, 1.807) is 0 Å². The molecule has 0 aliphatic heterocycles. The van der Waals surface area contributed by atoms with Crippen LogP contribution in [0.2, 0.25) is 5.02 Å². The second kappa shape index (κ2) is 10.4. The van der Waals surface area contributed by atoms with Crippen molar-refractivity contribution in [3.63, 3.8) is 0 Å². The van der Waals surface area contributed by atoms with E-state index in [1.165, 1.54) is 5.56 Å². The number of hydrogen-bond acceptors (Lipinski definition) is 2. The maximum Gasteiger partial charge on any atom is 0.392 e. The van der Waals surface area contributed by atoms with E-state index in [1.807, 2.05) is 18.2 Å². The Bertz CT molecular complexity index is 363. The molecule has 1 aromatic rings. The molecule has 0 saturated carbocycles. The standard InChI is InChI=1S/C16H26ClO2Si/c1-4-6-11-18-20(19-12-7-5-2)14(3)15-9-8-10-16(17)13-15/h8-10,13-14H,4-7,11-12H2,1-3H3. The topological polar surface area (TPSA) is 18.5 Å². The fourth-order valence-electron chi connectivity index (χ4n) is 1.84. The van der Waals surface area contributed by atoms with Crippen LogP contribution in [0.4, 0.5) is 0 Å². The van der Waals surface area contributed by atoms with Gasteiger partial charge < -0.3 is 8.85 Å². The van der Waals surface area contributed by atoms with Crippen molar-refractivity contribution in [2.75, 3.05) is 13.2 Å². The molecule has 1 rings (SSSR count). The Morgan fingerprint density at radius 1 is 1.10 bits per heavy atom. The lowest BCUT2D eigenvalue weighted by Gasteiger charge is -2.21. The summed E-state index contributed by atoms with van der Waals surface area (Å²) in [5.41, 5.74) is 1.49. The van der Waals surface area contributed by atoms with Gasteiger partial charge in [-0.05, 0) is 30.5 Å². The van der Waals surface area contributed by atoms with Gasteiger partial charge in [0.25, 0.3) is 0 Å². The summed E-state index contributed by atoms with van der Waals surface area (Å²) < 4.78 is 12.0. The predicted molar refractivity (Wildman–Crippen MR) is 87.3 cm³/mol. The largest absolute Gasteiger partial charge is 0.393 e. The number of hydrogen-bond donors (Lipinski definition) is 0. The number of rotatable bonds is 10. The summed E-state index contributed by atoms with van der Waals surface area (Å²) in [7, 11) is -1.29. The molecule has 0 fully saturated rings. The predicted octanol–water partition coefficient (Wildman–Crippen LogP) is 5.10. The second-order valence-corrected chi connectivity index (χ2v) is 7.52. The molecule has 0 N–H and O–H groups in total. The smallest absolute Gasteiger partial charge is 0.392 e. The molecule has 1 unspecified atom stereocenters. The van der Waals surface area contributed by atoms with E-state index in [0.29, 0.717) is 0 Å². The first-order valence-corrected chi connectivity index (χ1v) is 9.34. The Kier molecular flexibility index (Phi) is 9.19. The van der Waals surface area contributed by atoms with Gasteiger partial charge in [-0.25, -0.2) is 0 Å². The first kappa shape index (κ1) is 17.7. The highest BCUT2D eigenvalue weighted by Crippen LogP contribution is 2.23. The highest BCUT2D eigenvalue weighted by atomic mass is 35.5. The summed E-state index contributed by atoms with van der Waals surface area (Å²) in [4.78, 5) is 0. The van der Waals surface area contributed by atoms with Crippen LogP contribution in [0.25, 0.3) is 0 Å². The minimum absolute atomic E-state index is 0.285. The van der Waals surface area contributed by atoms with Gasteiger partial charge in [-0.2, -0.15) is 0 Å². The molecule has 20 heavy (non-hydrogen) atoms. The van der Waals surface area contributed by atoms with Crippen molar-refractivity contribution in [2.24, 2.45) is 0 Å². The molecular formula is C16H26ClO2Si. The van der Waals surface area contributed by atoms with Crippen LogP contribution < -0.4 is 0 Å². The Morgan fingerprint density at radius 2 is 1.70 bits per heavy atom. The minimum Gasteiger partial charge on any atom is -0.393 e. The van der Waals surface area contributed by atoms with Crippen LogP contribution in [-0.2, 0) is 8.85 Å². The lowest BCUT2D eigenvalue weighted by atomic mass is 10.2. The molecule has 113 valence electrons. The van der Waals surface area contributed by atoms with Crippen molar-refractivity contribution in [3.05, 3.63) is 34.9 Å². The Morgan fingerprint density at radius 3 is 2.20 bits per heavy atom. The van der Waals surface area contributed by atoms with Gasteiger partial charge >= 0.3 is 9.28 Å². The van der Waals surface area contributed by atoms with Crippen LogP contribution in [0, 0.1) is 0 Å². The summed E-state index contributed by atoms with van der Waals surface area (Å²) in [6.07, 6.45) is 4.48. The Labute approximate surface area is 130 Å². The van der Waals surface area contributed by atoms with Gasteiger partial charge in [-0.15, -0.1) is 0 Å². The molecule has 0 amide bonds. The summed E-state index contributed by atoms with van der Waals surface area (Å²) >= 11 is 6.08. The van der Waals surface area contributed by atoms with Crippen molar-refractivity contribution >= 4 is 20.9 Å². The molecule has 0 aromatic heterocycles. The van der Waals surface area contributed by atoms with Crippen LogP contribution in [0.5, 0.6) is 0 Å². The van der Waals surface area contributed by atoms with E-state index in [2.05, 4.69) is 26.8 Å². The van der Waals surface area contributed by atoms with Crippen molar-refractivity contribution in [1.29, 1.82) is 0 Å². The zero-order chi connectivity index (χ0) is 14.8. The molecule has 0 heterocycles. The van der Waals surface area contributed by atoms with Crippen LogP contribution in [0.3, 0.4) is 0 Å². The third-order valence-corrected chi connectivity index (χ3v) is 5.44. The van der Waals surface area contributed by atoms with Crippen LogP contribution in [-0.4, -0.2) is 22.5 Å². The Balaban J connectivity index is 2.63. The summed E-state index contributed by atoms with van der Waals surface area (Å²) in [5, 5.41) is 0.776. The molecule has 1 atom stereocenters. The molecule has 0 bridgehead atoms. The van der Waals surface area contributed by atoms with E-state index >= 15 is 0 Å². The van der Waals surface area contributed by atoms with Gasteiger partial charge in [-0.3, -0.25) is 0 Å². The summed E-state index contributed by atoms with van der Waals surface area (Å²) in [6.45, 7) is 8.11. The maximum absolute atomic E-state index is 6.08. The van der Waals surface area contributed by atoms with E-state index in [-0.39, 0.29) is 5.54 Å². The highest BCUT2D eigenvalue weighted by Gasteiger charge is 2.26. The monoisotopic (exact) mass is 313 g/mol. The Hall–Kier alpha value is -0.353. The van der Waals surface area contributed by atoms with E-state index in [0.717, 1.165) is 43.9 Å². The van der Waals surface area contributed by atoms with Gasteiger partial charge in [0.05, 0.1) is 0 Å². The van der Waals surface area contributed by atoms with E-state index in [4.69, 9.17) is 20.5 Å². The highest BCUT2D eigenvalue weighted by molar-refractivity contribution is 6.46. The average molecular weight is 314 g/mol. The molecule has 0 spiro atoms. The minimum atomic E-state index is -1.29. The van der Waals surface area contributed by atoms with Gasteiger partial charge in [0.1, 0.15) is 0 Å². The van der Waals surface area contributed by atoms with Gasteiger partial charge in [0, 0.05) is 23.8 Å². The zero-order valence-corrected chi connectivity index (χ0v) is 14.6.